The van der Waals surface area contributed by atoms with Crippen LogP contribution >= 0.6 is 0 Å². The SMILES string of the molecule is C#CC1=C(/C=C\C)c2cc(N)ccc2C1(c1ccccc1)c1ccccc1. The lowest BCUT2D eigenvalue weighted by molar-refractivity contribution is 0.767. The molecule has 4 rings (SSSR count). The number of anilines is 1. The topological polar surface area (TPSA) is 26.0 Å². The van der Waals surface area contributed by atoms with Gasteiger partial charge in [0.1, 0.15) is 0 Å². The third-order valence-electron chi connectivity index (χ3n) is 5.27. The fourth-order valence-corrected chi connectivity index (χ4v) is 4.25. The lowest BCUT2D eigenvalue weighted by atomic mass is 9.67. The number of nitrogens with two attached hydrogens (primary N) is 1. The normalized spacial score (nSPS) is 15.0. The maximum atomic E-state index is 6.15. The molecule has 3 aromatic carbocycles. The molecule has 3 aromatic rings. The number of hydrogen-bond acceptors (Lipinski definition) is 1. The first kappa shape index (κ1) is 16.9. The van der Waals surface area contributed by atoms with Crippen molar-refractivity contribution in [2.45, 2.75) is 12.3 Å². The molecule has 130 valence electrons. The second kappa shape index (κ2) is 6.67. The number of benzene rings is 3. The predicted octanol–water partition coefficient (Wildman–Crippen LogP) is 5.58. The molecule has 0 atom stereocenters. The van der Waals surface area contributed by atoms with Crippen molar-refractivity contribution in [1.82, 2.24) is 0 Å². The van der Waals surface area contributed by atoms with Crippen molar-refractivity contribution >= 4 is 11.3 Å². The van der Waals surface area contributed by atoms with Gasteiger partial charge in [-0.25, -0.2) is 0 Å². The Morgan fingerprint density at radius 3 is 2.00 bits per heavy atom. The zero-order valence-corrected chi connectivity index (χ0v) is 15.3. The predicted molar refractivity (Wildman–Crippen MR) is 114 cm³/mol. The summed E-state index contributed by atoms with van der Waals surface area (Å²) in [6, 6.07) is 27.1. The Hall–Kier alpha value is -3.50. The number of allylic oxidation sites excluding steroid dienone is 4. The van der Waals surface area contributed by atoms with E-state index in [1.807, 2.05) is 37.3 Å². The summed E-state index contributed by atoms with van der Waals surface area (Å²) in [6.07, 6.45) is 10.3. The summed E-state index contributed by atoms with van der Waals surface area (Å²) in [5.74, 6) is 3.04. The van der Waals surface area contributed by atoms with Gasteiger partial charge in [-0.1, -0.05) is 84.8 Å². The molecule has 0 amide bonds. The highest BCUT2D eigenvalue weighted by molar-refractivity contribution is 5.93. The van der Waals surface area contributed by atoms with Gasteiger partial charge in [0.15, 0.2) is 0 Å². The second-order valence-corrected chi connectivity index (χ2v) is 6.72. The summed E-state index contributed by atoms with van der Waals surface area (Å²) in [5, 5.41) is 0. The molecule has 0 aromatic heterocycles. The van der Waals surface area contributed by atoms with Crippen LogP contribution in [0.2, 0.25) is 0 Å². The average molecular weight is 347 g/mol. The standard InChI is InChI=1S/C26H21N/c1-3-11-22-23-18-21(27)16-17-25(23)26(24(22)4-2,19-12-7-5-8-13-19)20-14-9-6-10-15-20/h2-3,5-18H,27H2,1H3/b11-3-. The lowest BCUT2D eigenvalue weighted by Gasteiger charge is -2.33. The Morgan fingerprint density at radius 2 is 1.48 bits per heavy atom. The van der Waals surface area contributed by atoms with Gasteiger partial charge in [0.05, 0.1) is 5.41 Å². The number of hydrogen-bond donors (Lipinski definition) is 1. The van der Waals surface area contributed by atoms with Crippen LogP contribution < -0.4 is 5.73 Å². The van der Waals surface area contributed by atoms with E-state index < -0.39 is 5.41 Å². The first-order valence-electron chi connectivity index (χ1n) is 9.09. The van der Waals surface area contributed by atoms with Crippen LogP contribution in [-0.4, -0.2) is 0 Å². The van der Waals surface area contributed by atoms with E-state index in [9.17, 15) is 0 Å². The van der Waals surface area contributed by atoms with Crippen LogP contribution in [-0.2, 0) is 5.41 Å². The van der Waals surface area contributed by atoms with Crippen molar-refractivity contribution in [2.24, 2.45) is 0 Å². The maximum Gasteiger partial charge on any atom is 0.0792 e. The summed E-state index contributed by atoms with van der Waals surface area (Å²) >= 11 is 0. The number of fused-ring (bicyclic) bond motifs is 1. The highest BCUT2D eigenvalue weighted by Gasteiger charge is 2.46. The molecule has 27 heavy (non-hydrogen) atoms. The molecule has 1 nitrogen and oxygen atoms in total. The highest BCUT2D eigenvalue weighted by Crippen LogP contribution is 2.54. The third kappa shape index (κ3) is 2.42. The minimum Gasteiger partial charge on any atom is -0.399 e. The zero-order valence-electron chi connectivity index (χ0n) is 15.3. The Kier molecular flexibility index (Phi) is 4.18. The van der Waals surface area contributed by atoms with Gasteiger partial charge in [0, 0.05) is 11.3 Å². The maximum absolute atomic E-state index is 6.15. The van der Waals surface area contributed by atoms with E-state index in [0.29, 0.717) is 0 Å². The van der Waals surface area contributed by atoms with E-state index in [1.165, 1.54) is 5.56 Å². The molecule has 0 unspecified atom stereocenters. The van der Waals surface area contributed by atoms with Gasteiger partial charge >= 0.3 is 0 Å². The lowest BCUT2D eigenvalue weighted by Crippen LogP contribution is -2.29. The molecule has 0 heterocycles. The Morgan fingerprint density at radius 1 is 0.889 bits per heavy atom. The van der Waals surface area contributed by atoms with Crippen LogP contribution in [0.15, 0.2) is 96.6 Å². The van der Waals surface area contributed by atoms with Crippen LogP contribution in [0.3, 0.4) is 0 Å². The van der Waals surface area contributed by atoms with Crippen molar-refractivity contribution < 1.29 is 0 Å². The molecule has 0 saturated heterocycles. The summed E-state index contributed by atoms with van der Waals surface area (Å²) < 4.78 is 0. The largest absolute Gasteiger partial charge is 0.399 e. The Bertz CT molecular complexity index is 1040. The molecule has 1 aliphatic carbocycles. The fourth-order valence-electron chi connectivity index (χ4n) is 4.25. The first-order chi connectivity index (χ1) is 13.2. The van der Waals surface area contributed by atoms with Gasteiger partial charge in [0.2, 0.25) is 0 Å². The molecule has 0 saturated carbocycles. The summed E-state index contributed by atoms with van der Waals surface area (Å²) in [6.45, 7) is 2.01. The minimum atomic E-state index is -0.519. The van der Waals surface area contributed by atoms with Gasteiger partial charge in [-0.2, -0.15) is 0 Å². The van der Waals surface area contributed by atoms with Crippen molar-refractivity contribution in [3.63, 3.8) is 0 Å². The van der Waals surface area contributed by atoms with E-state index in [4.69, 9.17) is 12.2 Å². The van der Waals surface area contributed by atoms with Crippen LogP contribution in [0, 0.1) is 12.3 Å². The molecular weight excluding hydrogens is 326 g/mol. The van der Waals surface area contributed by atoms with Crippen LogP contribution in [0.5, 0.6) is 0 Å². The van der Waals surface area contributed by atoms with Crippen molar-refractivity contribution in [1.29, 1.82) is 0 Å². The van der Waals surface area contributed by atoms with Gasteiger partial charge in [-0.05, 0) is 46.9 Å². The summed E-state index contributed by atoms with van der Waals surface area (Å²) in [5.41, 5.74) is 13.0. The van der Waals surface area contributed by atoms with E-state index in [0.717, 1.165) is 33.5 Å². The van der Waals surface area contributed by atoms with E-state index in [2.05, 4.69) is 66.6 Å². The number of nitrogen functional groups attached to an aromatic ring is 1. The molecular formula is C26H21N. The molecule has 0 radical (unpaired) electrons. The molecule has 0 bridgehead atoms. The second-order valence-electron chi connectivity index (χ2n) is 6.72. The van der Waals surface area contributed by atoms with Crippen LogP contribution in [0.4, 0.5) is 5.69 Å². The molecule has 0 aliphatic heterocycles. The molecule has 1 heteroatoms. The smallest absolute Gasteiger partial charge is 0.0792 e. The molecule has 2 N–H and O–H groups in total. The summed E-state index contributed by atoms with van der Waals surface area (Å²) in [4.78, 5) is 0. The van der Waals surface area contributed by atoms with Crippen molar-refractivity contribution in [2.75, 3.05) is 5.73 Å². The summed E-state index contributed by atoms with van der Waals surface area (Å²) in [7, 11) is 0. The highest BCUT2D eigenvalue weighted by atomic mass is 14.6. The Labute approximate surface area is 160 Å². The van der Waals surface area contributed by atoms with Gasteiger partial charge in [0.25, 0.3) is 0 Å². The first-order valence-corrected chi connectivity index (χ1v) is 9.09. The molecule has 0 fully saturated rings. The monoisotopic (exact) mass is 347 g/mol. The zero-order chi connectivity index (χ0) is 18.9. The molecule has 1 aliphatic rings. The van der Waals surface area contributed by atoms with Gasteiger partial charge < -0.3 is 5.73 Å². The fraction of sp³-hybridized carbons (Fsp3) is 0.0769. The van der Waals surface area contributed by atoms with Gasteiger partial charge in [-0.3, -0.25) is 0 Å². The van der Waals surface area contributed by atoms with E-state index in [1.54, 1.807) is 0 Å². The number of rotatable bonds is 3. The third-order valence-corrected chi connectivity index (χ3v) is 5.27. The van der Waals surface area contributed by atoms with E-state index in [-0.39, 0.29) is 0 Å². The minimum absolute atomic E-state index is 0.519. The average Bonchev–Trinajstić information content (AvgIpc) is 2.99. The van der Waals surface area contributed by atoms with Crippen LogP contribution in [0.25, 0.3) is 5.57 Å². The number of terminal acetylenes is 1. The van der Waals surface area contributed by atoms with Crippen LogP contribution in [0.1, 0.15) is 29.2 Å². The quantitative estimate of drug-likeness (QED) is 0.486. The van der Waals surface area contributed by atoms with Gasteiger partial charge in [-0.15, -0.1) is 6.42 Å². The molecule has 0 spiro atoms. The van der Waals surface area contributed by atoms with Crippen molar-refractivity contribution in [3.05, 3.63) is 119 Å². The van der Waals surface area contributed by atoms with E-state index >= 15 is 0 Å². The Balaban J connectivity index is 2.21. The van der Waals surface area contributed by atoms with Crippen molar-refractivity contribution in [3.8, 4) is 12.3 Å².